The van der Waals surface area contributed by atoms with E-state index >= 15 is 0 Å². The summed E-state index contributed by atoms with van der Waals surface area (Å²) in [5, 5.41) is 13.9. The van der Waals surface area contributed by atoms with Crippen molar-refractivity contribution in [1.29, 1.82) is 0 Å². The van der Waals surface area contributed by atoms with E-state index in [0.717, 1.165) is 19.3 Å². The molecule has 1 aliphatic heterocycles. The fraction of sp³-hybridized carbons (Fsp3) is 0.375. The lowest BCUT2D eigenvalue weighted by Crippen LogP contribution is -2.15. The number of carboxylic acid groups (broad SMARTS) is 1. The molecule has 1 aliphatic rings. The van der Waals surface area contributed by atoms with Gasteiger partial charge in [0, 0.05) is 12.1 Å². The van der Waals surface area contributed by atoms with Gasteiger partial charge in [-0.25, -0.2) is 13.9 Å². The quantitative estimate of drug-likeness (QED) is 0.944. The van der Waals surface area contributed by atoms with Gasteiger partial charge in [0.25, 0.3) is 0 Å². The maximum Gasteiger partial charge on any atom is 0.343 e. The number of carbonyl (C=O) groups is 1. The third kappa shape index (κ3) is 2.45. The number of benzene rings is 1. The topological polar surface area (TPSA) is 64.4 Å². The molecule has 1 unspecified atom stereocenters. The molecule has 1 atom stereocenters. The van der Waals surface area contributed by atoms with E-state index in [1.54, 1.807) is 16.8 Å². The highest BCUT2D eigenvalue weighted by molar-refractivity contribution is 5.97. The van der Waals surface area contributed by atoms with E-state index < -0.39 is 11.8 Å². The number of fused-ring (bicyclic) bond motifs is 1. The number of nitrogens with zero attached hydrogens (tertiary/aromatic N) is 2. The molecule has 0 saturated carbocycles. The molecule has 2 aromatic rings. The Kier molecular flexibility index (Phi) is 3.83. The fourth-order valence-corrected chi connectivity index (χ4v) is 2.73. The molecule has 0 bridgehead atoms. The second kappa shape index (κ2) is 5.79. The summed E-state index contributed by atoms with van der Waals surface area (Å²) < 4.78 is 21.4. The molecule has 0 aliphatic carbocycles. The smallest absolute Gasteiger partial charge is 0.343 e. The van der Waals surface area contributed by atoms with Crippen LogP contribution in [0.4, 0.5) is 4.39 Å². The predicted octanol–water partition coefficient (Wildman–Crippen LogP) is 3.34. The minimum absolute atomic E-state index is 0.0375. The number of rotatable bonds is 3. The second-order valence-corrected chi connectivity index (χ2v) is 5.33. The Morgan fingerprint density at radius 3 is 2.95 bits per heavy atom. The standard InChI is InChI=1S/C16H17FN2O3/c1-2-10-6-5-9-19-15(22-10)13(16(20)21)14(18-19)11-7-3-4-8-12(11)17/h3-4,7-8,10H,2,5-6,9H2,1H3,(H,20,21). The highest BCUT2D eigenvalue weighted by Crippen LogP contribution is 2.34. The first-order valence-electron chi connectivity index (χ1n) is 7.37. The highest BCUT2D eigenvalue weighted by Gasteiger charge is 2.30. The van der Waals surface area contributed by atoms with E-state index in [1.807, 2.05) is 6.92 Å². The van der Waals surface area contributed by atoms with E-state index in [1.165, 1.54) is 12.1 Å². The first-order valence-corrected chi connectivity index (χ1v) is 7.37. The van der Waals surface area contributed by atoms with Crippen molar-refractivity contribution in [2.75, 3.05) is 0 Å². The zero-order chi connectivity index (χ0) is 15.7. The van der Waals surface area contributed by atoms with Crippen molar-refractivity contribution in [3.63, 3.8) is 0 Å². The molecule has 22 heavy (non-hydrogen) atoms. The van der Waals surface area contributed by atoms with Crippen LogP contribution in [0, 0.1) is 5.82 Å². The molecule has 0 spiro atoms. The van der Waals surface area contributed by atoms with E-state index in [9.17, 15) is 14.3 Å². The van der Waals surface area contributed by atoms with Crippen LogP contribution in [-0.2, 0) is 6.54 Å². The SMILES string of the molecule is CCC1CCCn2nc(-c3ccccc3F)c(C(=O)O)c2O1. The Hall–Kier alpha value is -2.37. The van der Waals surface area contributed by atoms with Gasteiger partial charge in [-0.15, -0.1) is 0 Å². The van der Waals surface area contributed by atoms with Crippen molar-refractivity contribution in [2.24, 2.45) is 0 Å². The van der Waals surface area contributed by atoms with Crippen molar-refractivity contribution in [2.45, 2.75) is 38.8 Å². The third-order valence-corrected chi connectivity index (χ3v) is 3.88. The molecule has 3 rings (SSSR count). The Morgan fingerprint density at radius 2 is 2.27 bits per heavy atom. The van der Waals surface area contributed by atoms with Crippen molar-refractivity contribution in [1.82, 2.24) is 9.78 Å². The van der Waals surface area contributed by atoms with E-state index in [-0.39, 0.29) is 28.8 Å². The Morgan fingerprint density at radius 1 is 1.50 bits per heavy atom. The monoisotopic (exact) mass is 304 g/mol. The maximum absolute atomic E-state index is 14.0. The summed E-state index contributed by atoms with van der Waals surface area (Å²) in [6, 6.07) is 6.04. The molecule has 6 heteroatoms. The van der Waals surface area contributed by atoms with Crippen molar-refractivity contribution < 1.29 is 19.0 Å². The molecule has 1 aromatic heterocycles. The Labute approximate surface area is 127 Å². The van der Waals surface area contributed by atoms with Gasteiger partial charge in [-0.3, -0.25) is 0 Å². The average Bonchev–Trinajstić information content (AvgIpc) is 2.73. The number of halogens is 1. The maximum atomic E-state index is 14.0. The summed E-state index contributed by atoms with van der Waals surface area (Å²) in [6.45, 7) is 2.56. The summed E-state index contributed by atoms with van der Waals surface area (Å²) in [6.07, 6.45) is 2.46. The van der Waals surface area contributed by atoms with E-state index in [0.29, 0.717) is 6.54 Å². The zero-order valence-corrected chi connectivity index (χ0v) is 12.3. The van der Waals surface area contributed by atoms with Gasteiger partial charge in [-0.2, -0.15) is 5.10 Å². The van der Waals surface area contributed by atoms with Crippen molar-refractivity contribution in [3.8, 4) is 17.1 Å². The van der Waals surface area contributed by atoms with Crippen LogP contribution in [0.25, 0.3) is 11.3 Å². The lowest BCUT2D eigenvalue weighted by molar-refractivity contribution is 0.0689. The summed E-state index contributed by atoms with van der Waals surface area (Å²) in [5.41, 5.74) is 0.236. The van der Waals surface area contributed by atoms with E-state index in [4.69, 9.17) is 4.74 Å². The van der Waals surface area contributed by atoms with Crippen LogP contribution >= 0.6 is 0 Å². The number of aromatic carboxylic acids is 1. The first kappa shape index (κ1) is 14.6. The normalized spacial score (nSPS) is 17.5. The van der Waals surface area contributed by atoms with Crippen LogP contribution in [0.2, 0.25) is 0 Å². The molecule has 2 heterocycles. The van der Waals surface area contributed by atoms with Gasteiger partial charge in [0.15, 0.2) is 0 Å². The van der Waals surface area contributed by atoms with Crippen LogP contribution < -0.4 is 4.74 Å². The summed E-state index contributed by atoms with van der Waals surface area (Å²) >= 11 is 0. The van der Waals surface area contributed by atoms with Gasteiger partial charge in [0.05, 0.1) is 0 Å². The molecule has 0 saturated heterocycles. The number of aryl methyl sites for hydroxylation is 1. The number of aromatic nitrogens is 2. The minimum Gasteiger partial charge on any atom is -0.477 e. The molecule has 0 radical (unpaired) electrons. The summed E-state index contributed by atoms with van der Waals surface area (Å²) in [5.74, 6) is -1.42. The van der Waals surface area contributed by atoms with Crippen LogP contribution in [0.3, 0.4) is 0 Å². The molecule has 5 nitrogen and oxygen atoms in total. The molecule has 0 fully saturated rings. The fourth-order valence-electron chi connectivity index (χ4n) is 2.73. The predicted molar refractivity (Wildman–Crippen MR) is 78.5 cm³/mol. The molecule has 1 N–H and O–H groups in total. The van der Waals surface area contributed by atoms with Gasteiger partial charge < -0.3 is 9.84 Å². The van der Waals surface area contributed by atoms with Gasteiger partial charge in [0.2, 0.25) is 5.88 Å². The minimum atomic E-state index is -1.16. The highest BCUT2D eigenvalue weighted by atomic mass is 19.1. The first-order chi connectivity index (χ1) is 10.6. The molecule has 1 aromatic carbocycles. The van der Waals surface area contributed by atoms with Crippen LogP contribution in [0.15, 0.2) is 24.3 Å². The van der Waals surface area contributed by atoms with Gasteiger partial charge in [-0.1, -0.05) is 19.1 Å². The largest absolute Gasteiger partial charge is 0.477 e. The molecule has 0 amide bonds. The number of ether oxygens (including phenoxy) is 1. The number of carboxylic acids is 1. The lowest BCUT2D eigenvalue weighted by atomic mass is 10.1. The average molecular weight is 304 g/mol. The molecule has 116 valence electrons. The number of hydrogen-bond acceptors (Lipinski definition) is 3. The lowest BCUT2D eigenvalue weighted by Gasteiger charge is -2.14. The number of hydrogen-bond donors (Lipinski definition) is 1. The van der Waals surface area contributed by atoms with Gasteiger partial charge in [-0.05, 0) is 31.4 Å². The van der Waals surface area contributed by atoms with Gasteiger partial charge in [0.1, 0.15) is 23.2 Å². The van der Waals surface area contributed by atoms with E-state index in [2.05, 4.69) is 5.10 Å². The molecular formula is C16H17FN2O3. The van der Waals surface area contributed by atoms with Crippen LogP contribution in [0.1, 0.15) is 36.5 Å². The second-order valence-electron chi connectivity index (χ2n) is 5.33. The van der Waals surface area contributed by atoms with Crippen LogP contribution in [-0.4, -0.2) is 27.0 Å². The summed E-state index contributed by atoms with van der Waals surface area (Å²) in [4.78, 5) is 11.7. The Bertz CT molecular complexity index is 711. The molecular weight excluding hydrogens is 287 g/mol. The van der Waals surface area contributed by atoms with Crippen molar-refractivity contribution >= 4 is 5.97 Å². The van der Waals surface area contributed by atoms with Crippen molar-refractivity contribution in [3.05, 3.63) is 35.6 Å². The Balaban J connectivity index is 2.17. The third-order valence-electron chi connectivity index (χ3n) is 3.88. The van der Waals surface area contributed by atoms with Crippen LogP contribution in [0.5, 0.6) is 5.88 Å². The zero-order valence-electron chi connectivity index (χ0n) is 12.3. The summed E-state index contributed by atoms with van der Waals surface area (Å²) in [7, 11) is 0. The van der Waals surface area contributed by atoms with Gasteiger partial charge >= 0.3 is 5.97 Å².